The summed E-state index contributed by atoms with van der Waals surface area (Å²) in [5.41, 5.74) is 1.23. The van der Waals surface area contributed by atoms with Gasteiger partial charge in [-0.1, -0.05) is 0 Å². The Labute approximate surface area is 222 Å². The van der Waals surface area contributed by atoms with Gasteiger partial charge in [-0.3, -0.25) is 0 Å². The maximum atomic E-state index is 12.2. The number of aromatic nitrogens is 3. The van der Waals surface area contributed by atoms with Crippen LogP contribution in [0.3, 0.4) is 0 Å². The third kappa shape index (κ3) is 5.38. The van der Waals surface area contributed by atoms with Crippen LogP contribution < -0.4 is 15.0 Å². The highest BCUT2D eigenvalue weighted by Crippen LogP contribution is 2.41. The summed E-state index contributed by atoms with van der Waals surface area (Å²) in [7, 11) is 0. The first-order valence-electron chi connectivity index (χ1n) is 12.9. The van der Waals surface area contributed by atoms with Crippen molar-refractivity contribution < 1.29 is 19.4 Å². The number of anilines is 1. The van der Waals surface area contributed by atoms with Crippen LogP contribution in [0.4, 0.5) is 10.6 Å². The summed E-state index contributed by atoms with van der Waals surface area (Å²) in [6, 6.07) is 8.16. The lowest BCUT2D eigenvalue weighted by atomic mass is 9.66. The molecule has 1 aliphatic carbocycles. The van der Waals surface area contributed by atoms with Gasteiger partial charge in [0.1, 0.15) is 29.8 Å². The predicted octanol–water partition coefficient (Wildman–Crippen LogP) is 3.77. The van der Waals surface area contributed by atoms with Gasteiger partial charge in [0.2, 0.25) is 0 Å². The number of carbonyl (C=O) groups is 1. The minimum atomic E-state index is -0.989. The molecule has 1 amide bonds. The second-order valence-corrected chi connectivity index (χ2v) is 11.9. The van der Waals surface area contributed by atoms with Gasteiger partial charge in [-0.2, -0.15) is 10.4 Å². The molecule has 1 saturated carbocycles. The van der Waals surface area contributed by atoms with E-state index < -0.39 is 11.2 Å². The Morgan fingerprint density at radius 2 is 1.95 bits per heavy atom. The summed E-state index contributed by atoms with van der Waals surface area (Å²) in [6.45, 7) is 10.7. The van der Waals surface area contributed by atoms with Gasteiger partial charge >= 0.3 is 6.09 Å². The minimum Gasteiger partial charge on any atom is -0.489 e. The average Bonchev–Trinajstić information content (AvgIpc) is 3.27. The van der Waals surface area contributed by atoms with Gasteiger partial charge in [0, 0.05) is 36.5 Å². The van der Waals surface area contributed by atoms with Crippen LogP contribution >= 0.6 is 0 Å². The molecule has 3 aliphatic rings. The van der Waals surface area contributed by atoms with Crippen molar-refractivity contribution in [3.63, 3.8) is 0 Å². The van der Waals surface area contributed by atoms with Crippen LogP contribution in [0.1, 0.15) is 46.6 Å². The summed E-state index contributed by atoms with van der Waals surface area (Å²) >= 11 is 0. The molecule has 3 aromatic heterocycles. The zero-order valence-electron chi connectivity index (χ0n) is 22.4. The fraction of sp³-hybridized carbons (Fsp3) is 0.500. The average molecular weight is 519 g/mol. The number of amides is 1. The molecule has 5 heterocycles. The predicted molar refractivity (Wildman–Crippen MR) is 142 cm³/mol. The van der Waals surface area contributed by atoms with Crippen LogP contribution in [0.5, 0.6) is 5.75 Å². The van der Waals surface area contributed by atoms with Crippen LogP contribution in [-0.2, 0) is 4.74 Å². The topological polar surface area (TPSA) is 125 Å². The number of hydrogen-bond donors (Lipinski definition) is 2. The summed E-state index contributed by atoms with van der Waals surface area (Å²) < 4.78 is 12.9. The fourth-order valence-electron chi connectivity index (χ4n) is 5.22. The zero-order valence-corrected chi connectivity index (χ0v) is 22.4. The summed E-state index contributed by atoms with van der Waals surface area (Å²) in [5, 5.41) is 27.1. The van der Waals surface area contributed by atoms with Gasteiger partial charge in [0.05, 0.1) is 29.1 Å². The van der Waals surface area contributed by atoms with Crippen LogP contribution in [-0.4, -0.2) is 62.7 Å². The number of rotatable bonds is 6. The first-order chi connectivity index (χ1) is 17.9. The van der Waals surface area contributed by atoms with Gasteiger partial charge < -0.3 is 24.8 Å². The number of piperidine rings is 2. The van der Waals surface area contributed by atoms with E-state index in [1.54, 1.807) is 30.8 Å². The number of alkyl carbamates (subject to hydrolysis) is 1. The molecule has 3 fully saturated rings. The molecule has 2 bridgehead atoms. The molecule has 2 N–H and O–H groups in total. The molecule has 0 spiro atoms. The Balaban J connectivity index is 1.33. The molecule has 10 heteroatoms. The number of carbonyl (C=O) groups excluding carboxylic acids is 1. The highest BCUT2D eigenvalue weighted by molar-refractivity contribution is 5.85. The van der Waals surface area contributed by atoms with Crippen molar-refractivity contribution in [2.45, 2.75) is 58.3 Å². The first kappa shape index (κ1) is 25.8. The Kier molecular flexibility index (Phi) is 6.43. The molecule has 0 aromatic carbocycles. The number of nitrogens with one attached hydrogen (secondary N) is 1. The standard InChI is InChI=1S/C28H34N6O4/c1-27(2,3)38-26(35)32-24-18-8-19(24)14-33(13-18)23-7-6-17(11-30-23)22-9-21(37-16-28(4,5)36)15-34-25(22)20(10-29)12-31-34/h6-7,9,11-12,15,18-19,24,36H,8,13-14,16H2,1-5H3,(H,32,35)/t18-,19+,24?. The lowest BCUT2D eigenvalue weighted by Crippen LogP contribution is -2.65. The molecule has 10 nitrogen and oxygen atoms in total. The zero-order chi connectivity index (χ0) is 27.2. The van der Waals surface area contributed by atoms with Crippen molar-refractivity contribution in [1.29, 1.82) is 5.26 Å². The molecule has 38 heavy (non-hydrogen) atoms. The number of aliphatic hydroxyl groups is 1. The number of ether oxygens (including phenoxy) is 2. The van der Waals surface area contributed by atoms with E-state index >= 15 is 0 Å². The lowest BCUT2D eigenvalue weighted by Gasteiger charge is -2.53. The van der Waals surface area contributed by atoms with Gasteiger partial charge in [0.25, 0.3) is 0 Å². The Hall–Kier alpha value is -3.84. The number of nitriles is 1. The number of pyridine rings is 2. The normalized spacial score (nSPS) is 21.0. The minimum absolute atomic E-state index is 0.114. The van der Waals surface area contributed by atoms with E-state index in [4.69, 9.17) is 14.5 Å². The fourth-order valence-corrected chi connectivity index (χ4v) is 5.22. The van der Waals surface area contributed by atoms with Gasteiger partial charge in [-0.15, -0.1) is 0 Å². The largest absolute Gasteiger partial charge is 0.489 e. The van der Waals surface area contributed by atoms with E-state index in [2.05, 4.69) is 21.4 Å². The third-order valence-electron chi connectivity index (χ3n) is 6.90. The molecular formula is C28H34N6O4. The molecular weight excluding hydrogens is 484 g/mol. The Bertz CT molecular complexity index is 1370. The van der Waals surface area contributed by atoms with E-state index in [1.807, 2.05) is 39.0 Å². The van der Waals surface area contributed by atoms with Gasteiger partial charge in [-0.25, -0.2) is 14.3 Å². The number of nitrogens with zero attached hydrogens (tertiary/aromatic N) is 5. The lowest BCUT2D eigenvalue weighted by molar-refractivity contribution is 0.0278. The van der Waals surface area contributed by atoms with Gasteiger partial charge in [0.15, 0.2) is 0 Å². The SMILES string of the molecule is CC(C)(O)COc1cc(-c2ccc(N3C[C@H]4C[C@@H](C3)C4NC(=O)OC(C)(C)C)nc2)c2c(C#N)cnn2c1. The van der Waals surface area contributed by atoms with E-state index in [9.17, 15) is 15.2 Å². The highest BCUT2D eigenvalue weighted by atomic mass is 16.6. The van der Waals surface area contributed by atoms with Crippen LogP contribution in [0.25, 0.3) is 16.6 Å². The van der Waals surface area contributed by atoms with Crippen molar-refractivity contribution in [1.82, 2.24) is 19.9 Å². The highest BCUT2D eigenvalue weighted by Gasteiger charge is 2.48. The van der Waals surface area contributed by atoms with Crippen molar-refractivity contribution in [2.75, 3.05) is 24.6 Å². The van der Waals surface area contributed by atoms with E-state index in [-0.39, 0.29) is 18.7 Å². The summed E-state index contributed by atoms with van der Waals surface area (Å²) in [5.74, 6) is 2.12. The second-order valence-electron chi connectivity index (χ2n) is 11.9. The summed E-state index contributed by atoms with van der Waals surface area (Å²) in [6.07, 6.45) is 5.76. The van der Waals surface area contributed by atoms with Crippen LogP contribution in [0.2, 0.25) is 0 Å². The Morgan fingerprint density at radius 1 is 1.21 bits per heavy atom. The van der Waals surface area contributed by atoms with E-state index in [0.29, 0.717) is 28.7 Å². The van der Waals surface area contributed by atoms with Gasteiger partial charge in [-0.05, 0) is 71.1 Å². The molecule has 6 rings (SSSR count). The van der Waals surface area contributed by atoms with Crippen molar-refractivity contribution in [3.05, 3.63) is 42.4 Å². The molecule has 200 valence electrons. The number of fused-ring (bicyclic) bond motifs is 3. The molecule has 3 atom stereocenters. The van der Waals surface area contributed by atoms with Crippen molar-refractivity contribution in [3.8, 4) is 22.9 Å². The molecule has 0 radical (unpaired) electrons. The number of hydrogen-bond acceptors (Lipinski definition) is 8. The molecule has 2 aliphatic heterocycles. The smallest absolute Gasteiger partial charge is 0.407 e. The maximum Gasteiger partial charge on any atom is 0.407 e. The Morgan fingerprint density at radius 3 is 2.55 bits per heavy atom. The maximum absolute atomic E-state index is 12.2. The van der Waals surface area contributed by atoms with E-state index in [0.717, 1.165) is 36.5 Å². The van der Waals surface area contributed by atoms with Crippen molar-refractivity contribution >= 4 is 17.4 Å². The van der Waals surface area contributed by atoms with Crippen molar-refractivity contribution in [2.24, 2.45) is 11.8 Å². The third-order valence-corrected chi connectivity index (χ3v) is 6.90. The monoisotopic (exact) mass is 518 g/mol. The summed E-state index contributed by atoms with van der Waals surface area (Å²) in [4.78, 5) is 19.3. The second kappa shape index (κ2) is 9.48. The van der Waals surface area contributed by atoms with Crippen LogP contribution in [0, 0.1) is 23.2 Å². The first-order valence-corrected chi connectivity index (χ1v) is 12.9. The van der Waals surface area contributed by atoms with Crippen LogP contribution in [0.15, 0.2) is 36.8 Å². The molecule has 2 saturated heterocycles. The molecule has 3 aromatic rings. The quantitative estimate of drug-likeness (QED) is 0.505. The molecule has 1 unspecified atom stereocenters. The van der Waals surface area contributed by atoms with E-state index in [1.165, 1.54) is 6.20 Å².